The maximum absolute atomic E-state index is 12.7. The summed E-state index contributed by atoms with van der Waals surface area (Å²) in [7, 11) is 0. The lowest BCUT2D eigenvalue weighted by molar-refractivity contribution is -0.115. The number of thioether (sulfide) groups is 1. The second kappa shape index (κ2) is 9.51. The van der Waals surface area contributed by atoms with Gasteiger partial charge < -0.3 is 10.4 Å². The molecule has 0 fully saturated rings. The number of aryl methyl sites for hydroxylation is 1. The summed E-state index contributed by atoms with van der Waals surface area (Å²) in [4.78, 5) is 28.7. The van der Waals surface area contributed by atoms with Gasteiger partial charge in [0.2, 0.25) is 5.91 Å². The number of nitriles is 1. The highest BCUT2D eigenvalue weighted by Crippen LogP contribution is 2.38. The van der Waals surface area contributed by atoms with Crippen LogP contribution in [0.15, 0.2) is 29.3 Å². The third-order valence-electron chi connectivity index (χ3n) is 5.82. The first-order chi connectivity index (χ1) is 15.0. The molecule has 0 saturated heterocycles. The summed E-state index contributed by atoms with van der Waals surface area (Å²) in [5.41, 5.74) is 3.06. The van der Waals surface area contributed by atoms with Crippen molar-refractivity contribution in [2.45, 2.75) is 57.2 Å². The Morgan fingerprint density at radius 2 is 2.06 bits per heavy atom. The molecule has 0 radical (unpaired) electrons. The fourth-order valence-corrected chi connectivity index (χ4v) is 4.88. The number of amides is 1. The summed E-state index contributed by atoms with van der Waals surface area (Å²) in [6.45, 7) is 8.45. The first-order valence-electron chi connectivity index (χ1n) is 10.4. The Morgan fingerprint density at radius 3 is 2.69 bits per heavy atom. The summed E-state index contributed by atoms with van der Waals surface area (Å²) in [6, 6.07) is 8.45. The normalized spacial score (nSPS) is 16.6. The molecule has 1 aliphatic carbocycles. The number of nitrogens with one attached hydrogen (secondary N) is 1. The van der Waals surface area contributed by atoms with Crippen molar-refractivity contribution in [3.63, 3.8) is 0 Å². The number of pyridine rings is 1. The third-order valence-corrected chi connectivity index (χ3v) is 7.25. The number of carboxylic acids is 1. The molecule has 3 rings (SSSR count). The molecule has 1 aromatic carbocycles. The van der Waals surface area contributed by atoms with Gasteiger partial charge in [-0.15, -0.1) is 0 Å². The van der Waals surface area contributed by atoms with E-state index >= 15 is 0 Å². The molecule has 32 heavy (non-hydrogen) atoms. The molecule has 0 saturated carbocycles. The minimum atomic E-state index is -1.17. The fraction of sp³-hybridized carbons (Fsp3) is 0.417. The summed E-state index contributed by atoms with van der Waals surface area (Å²) in [5.74, 6) is -0.939. The van der Waals surface area contributed by atoms with E-state index in [1.807, 2.05) is 6.07 Å². The molecule has 2 atom stereocenters. The molecule has 168 valence electrons. The fourth-order valence-electron chi connectivity index (χ4n) is 3.79. The number of carbonyl (C=O) groups is 2. The predicted molar refractivity (Wildman–Crippen MR) is 126 cm³/mol. The van der Waals surface area contributed by atoms with Gasteiger partial charge >= 0.3 is 5.97 Å². The minimum Gasteiger partial charge on any atom is -0.478 e. The smallest absolute Gasteiger partial charge is 0.337 e. The number of hydrogen-bond donors (Lipinski definition) is 2. The standard InChI is InChI=1S/C24H26ClN3O3S/c1-13(21(29)27-17-6-7-19(25)18(11-17)23(30)31)32-22-15(12-26)9-14-10-16(24(2,3)4)5-8-20(14)28-22/h6-7,9,11,13,16H,5,8,10H2,1-4H3,(H,27,29)(H,30,31). The van der Waals surface area contributed by atoms with Gasteiger partial charge in [0, 0.05) is 11.4 Å². The summed E-state index contributed by atoms with van der Waals surface area (Å²) >= 11 is 7.11. The zero-order valence-electron chi connectivity index (χ0n) is 18.5. The van der Waals surface area contributed by atoms with Crippen molar-refractivity contribution in [2.24, 2.45) is 11.3 Å². The average Bonchev–Trinajstić information content (AvgIpc) is 2.73. The Hall–Kier alpha value is -2.56. The van der Waals surface area contributed by atoms with Crippen LogP contribution < -0.4 is 5.32 Å². The Bertz CT molecular complexity index is 1100. The van der Waals surface area contributed by atoms with Crippen LogP contribution >= 0.6 is 23.4 Å². The monoisotopic (exact) mass is 471 g/mol. The number of halogens is 1. The molecule has 6 nitrogen and oxygen atoms in total. The van der Waals surface area contributed by atoms with Gasteiger partial charge in [-0.2, -0.15) is 5.26 Å². The van der Waals surface area contributed by atoms with E-state index in [0.29, 0.717) is 22.2 Å². The molecule has 2 aromatic rings. The lowest BCUT2D eigenvalue weighted by Crippen LogP contribution is -2.28. The number of rotatable bonds is 5. The molecular formula is C24H26ClN3O3S. The first kappa shape index (κ1) is 24.1. The molecule has 0 aliphatic heterocycles. The van der Waals surface area contributed by atoms with Gasteiger partial charge in [-0.25, -0.2) is 9.78 Å². The van der Waals surface area contributed by atoms with Crippen molar-refractivity contribution < 1.29 is 14.7 Å². The summed E-state index contributed by atoms with van der Waals surface area (Å²) in [5, 5.41) is 21.7. The van der Waals surface area contributed by atoms with Crippen LogP contribution in [-0.4, -0.2) is 27.2 Å². The van der Waals surface area contributed by atoms with Gasteiger partial charge in [0.15, 0.2) is 0 Å². The van der Waals surface area contributed by atoms with E-state index in [4.69, 9.17) is 16.6 Å². The SMILES string of the molecule is CC(Sc1nc2c(cc1C#N)CC(C(C)(C)C)CC2)C(=O)Nc1ccc(Cl)c(C(=O)O)c1. The number of aromatic carboxylic acids is 1. The lowest BCUT2D eigenvalue weighted by atomic mass is 9.71. The van der Waals surface area contributed by atoms with Crippen molar-refractivity contribution in [2.75, 3.05) is 5.32 Å². The number of benzene rings is 1. The van der Waals surface area contributed by atoms with Crippen LogP contribution in [0, 0.1) is 22.7 Å². The second-order valence-corrected chi connectivity index (χ2v) is 10.9. The van der Waals surface area contributed by atoms with Crippen molar-refractivity contribution in [3.05, 3.63) is 51.7 Å². The van der Waals surface area contributed by atoms with Crippen molar-refractivity contribution in [1.82, 2.24) is 4.98 Å². The molecule has 8 heteroatoms. The van der Waals surface area contributed by atoms with Crippen LogP contribution in [0.4, 0.5) is 5.69 Å². The molecule has 1 amide bonds. The quantitative estimate of drug-likeness (QED) is 0.552. The van der Waals surface area contributed by atoms with E-state index in [1.54, 1.807) is 13.0 Å². The van der Waals surface area contributed by atoms with Crippen LogP contribution in [0.25, 0.3) is 0 Å². The van der Waals surface area contributed by atoms with E-state index < -0.39 is 11.2 Å². The van der Waals surface area contributed by atoms with Gasteiger partial charge in [0.1, 0.15) is 11.1 Å². The van der Waals surface area contributed by atoms with Gasteiger partial charge in [0.05, 0.1) is 21.4 Å². The largest absolute Gasteiger partial charge is 0.478 e. The van der Waals surface area contributed by atoms with Gasteiger partial charge in [-0.3, -0.25) is 4.79 Å². The van der Waals surface area contributed by atoms with Crippen molar-refractivity contribution in [3.8, 4) is 6.07 Å². The predicted octanol–water partition coefficient (Wildman–Crippen LogP) is 5.58. The number of hydrogen-bond acceptors (Lipinski definition) is 5. The Balaban J connectivity index is 1.76. The Kier molecular flexibility index (Phi) is 7.16. The van der Waals surface area contributed by atoms with E-state index in [2.05, 4.69) is 32.2 Å². The maximum atomic E-state index is 12.7. The van der Waals surface area contributed by atoms with E-state index in [1.165, 1.54) is 23.9 Å². The van der Waals surface area contributed by atoms with Gasteiger partial charge in [-0.05, 0) is 67.3 Å². The van der Waals surface area contributed by atoms with Crippen LogP contribution in [0.3, 0.4) is 0 Å². The zero-order valence-corrected chi connectivity index (χ0v) is 20.1. The van der Waals surface area contributed by atoms with Crippen molar-refractivity contribution >= 4 is 40.9 Å². The van der Waals surface area contributed by atoms with E-state index in [-0.39, 0.29) is 21.9 Å². The maximum Gasteiger partial charge on any atom is 0.337 e. The van der Waals surface area contributed by atoms with Crippen LogP contribution in [0.5, 0.6) is 0 Å². The molecule has 0 bridgehead atoms. The van der Waals surface area contributed by atoms with Crippen molar-refractivity contribution in [1.29, 1.82) is 5.26 Å². The number of carbonyl (C=O) groups excluding carboxylic acids is 1. The molecule has 1 heterocycles. The topological polar surface area (TPSA) is 103 Å². The molecule has 1 aromatic heterocycles. The number of aromatic nitrogens is 1. The van der Waals surface area contributed by atoms with Gasteiger partial charge in [0.25, 0.3) is 0 Å². The number of fused-ring (bicyclic) bond motifs is 1. The molecule has 2 N–H and O–H groups in total. The van der Waals surface area contributed by atoms with Crippen LogP contribution in [-0.2, 0) is 17.6 Å². The molecule has 0 spiro atoms. The number of anilines is 1. The lowest BCUT2D eigenvalue weighted by Gasteiger charge is -2.34. The van der Waals surface area contributed by atoms with Crippen LogP contribution in [0.1, 0.15) is 61.3 Å². The van der Waals surface area contributed by atoms with E-state index in [9.17, 15) is 20.0 Å². The Labute approximate surface area is 197 Å². The Morgan fingerprint density at radius 1 is 1.34 bits per heavy atom. The number of nitrogens with zero attached hydrogens (tertiary/aromatic N) is 2. The third kappa shape index (κ3) is 5.43. The highest BCUT2D eigenvalue weighted by molar-refractivity contribution is 8.00. The molecular weight excluding hydrogens is 446 g/mol. The highest BCUT2D eigenvalue weighted by Gasteiger charge is 2.30. The van der Waals surface area contributed by atoms with E-state index in [0.717, 1.165) is 30.5 Å². The minimum absolute atomic E-state index is 0.0820. The second-order valence-electron chi connectivity index (χ2n) is 9.11. The zero-order chi connectivity index (χ0) is 23.6. The highest BCUT2D eigenvalue weighted by atomic mass is 35.5. The average molecular weight is 472 g/mol. The first-order valence-corrected chi connectivity index (χ1v) is 11.7. The molecule has 1 aliphatic rings. The summed E-state index contributed by atoms with van der Waals surface area (Å²) < 4.78 is 0. The summed E-state index contributed by atoms with van der Waals surface area (Å²) in [6.07, 6.45) is 2.82. The van der Waals surface area contributed by atoms with Crippen LogP contribution in [0.2, 0.25) is 5.02 Å². The van der Waals surface area contributed by atoms with Gasteiger partial charge in [-0.1, -0.05) is 44.1 Å². The molecule has 2 unspecified atom stereocenters. The number of carboxylic acid groups (broad SMARTS) is 1.